The minimum atomic E-state index is -0.329. The molecule has 1 rings (SSSR count). The molecule has 0 spiro atoms. The van der Waals surface area contributed by atoms with E-state index in [4.69, 9.17) is 5.73 Å². The summed E-state index contributed by atoms with van der Waals surface area (Å²) >= 11 is 0. The lowest BCUT2D eigenvalue weighted by atomic mass is 10.1. The van der Waals surface area contributed by atoms with E-state index in [1.54, 1.807) is 0 Å². The van der Waals surface area contributed by atoms with Gasteiger partial charge in [-0.2, -0.15) is 0 Å². The molecule has 3 N–H and O–H groups in total. The fourth-order valence-corrected chi connectivity index (χ4v) is 1.63. The Morgan fingerprint density at radius 2 is 1.33 bits per heavy atom. The van der Waals surface area contributed by atoms with Crippen LogP contribution in [0.4, 0.5) is 0 Å². The van der Waals surface area contributed by atoms with Gasteiger partial charge in [-0.3, -0.25) is 14.9 Å². The van der Waals surface area contributed by atoms with Crippen molar-refractivity contribution in [3.05, 3.63) is 12.2 Å². The van der Waals surface area contributed by atoms with Crippen LogP contribution < -0.4 is 11.1 Å². The third kappa shape index (κ3) is 11.3. The number of amides is 2. The van der Waals surface area contributed by atoms with Crippen LogP contribution in [0.3, 0.4) is 0 Å². The molecular weight excluding hydrogens is 228 g/mol. The molecule has 4 heteroatoms. The van der Waals surface area contributed by atoms with Crippen molar-refractivity contribution in [2.45, 2.75) is 58.3 Å². The van der Waals surface area contributed by atoms with Crippen LogP contribution in [-0.4, -0.2) is 18.4 Å². The second-order valence-corrected chi connectivity index (χ2v) is 4.45. The number of carbonyl (C=O) groups is 2. The van der Waals surface area contributed by atoms with Crippen molar-refractivity contribution in [2.75, 3.05) is 6.54 Å². The van der Waals surface area contributed by atoms with Gasteiger partial charge in [0.15, 0.2) is 0 Å². The van der Waals surface area contributed by atoms with E-state index in [0.717, 1.165) is 6.54 Å². The van der Waals surface area contributed by atoms with Crippen LogP contribution in [0.1, 0.15) is 58.3 Å². The van der Waals surface area contributed by atoms with E-state index in [2.05, 4.69) is 6.92 Å². The van der Waals surface area contributed by atoms with Crippen molar-refractivity contribution >= 4 is 11.8 Å². The van der Waals surface area contributed by atoms with Gasteiger partial charge in [-0.05, 0) is 13.0 Å². The summed E-state index contributed by atoms with van der Waals surface area (Å²) < 4.78 is 0. The van der Waals surface area contributed by atoms with Gasteiger partial charge >= 0.3 is 0 Å². The van der Waals surface area contributed by atoms with Gasteiger partial charge in [-0.15, -0.1) is 0 Å². The first-order valence-corrected chi connectivity index (χ1v) is 6.93. The molecule has 0 fully saturated rings. The van der Waals surface area contributed by atoms with Crippen molar-refractivity contribution in [1.82, 2.24) is 5.32 Å². The van der Waals surface area contributed by atoms with E-state index in [9.17, 15) is 9.59 Å². The van der Waals surface area contributed by atoms with Crippen LogP contribution in [0.5, 0.6) is 0 Å². The lowest BCUT2D eigenvalue weighted by molar-refractivity contribution is -0.123. The lowest BCUT2D eigenvalue weighted by Crippen LogP contribution is -2.19. The zero-order valence-electron chi connectivity index (χ0n) is 11.4. The zero-order chi connectivity index (χ0) is 13.6. The molecule has 2 amide bonds. The number of nitrogens with one attached hydrogen (secondary N) is 1. The molecule has 0 unspecified atom stereocenters. The predicted molar refractivity (Wildman–Crippen MR) is 74.0 cm³/mol. The second-order valence-electron chi connectivity index (χ2n) is 4.45. The van der Waals surface area contributed by atoms with E-state index < -0.39 is 0 Å². The highest BCUT2D eigenvalue weighted by atomic mass is 16.2. The molecule has 0 aromatic rings. The first-order valence-electron chi connectivity index (χ1n) is 6.93. The molecular formula is C14H26N2O2. The summed E-state index contributed by atoms with van der Waals surface area (Å²) in [5.74, 6) is -0.657. The first-order chi connectivity index (χ1) is 8.70. The average molecular weight is 254 g/mol. The summed E-state index contributed by atoms with van der Waals surface area (Å²) in [5, 5.41) is 2.03. The summed E-state index contributed by atoms with van der Waals surface area (Å²) in [5.41, 5.74) is 5.39. The second kappa shape index (κ2) is 12.3. The highest BCUT2D eigenvalue weighted by molar-refractivity contribution is 6.12. The molecule has 1 aliphatic rings. The number of rotatable bonds is 8. The maximum absolute atomic E-state index is 10.0. The summed E-state index contributed by atoms with van der Waals surface area (Å²) in [6, 6.07) is 0. The SMILES string of the molecule is CCCCCCCCCCN.O=C1C=CC(=O)N1. The Morgan fingerprint density at radius 3 is 1.67 bits per heavy atom. The fourth-order valence-electron chi connectivity index (χ4n) is 1.63. The van der Waals surface area contributed by atoms with E-state index in [1.165, 1.54) is 63.5 Å². The molecule has 0 aromatic carbocycles. The Hall–Kier alpha value is -1.16. The smallest absolute Gasteiger partial charge is 0.250 e. The first kappa shape index (κ1) is 16.8. The molecule has 1 heterocycles. The summed E-state index contributed by atoms with van der Waals surface area (Å²) in [6.07, 6.45) is 13.4. The quantitative estimate of drug-likeness (QED) is 0.515. The maximum Gasteiger partial charge on any atom is 0.250 e. The molecule has 0 radical (unpaired) electrons. The lowest BCUT2D eigenvalue weighted by Gasteiger charge is -1.99. The monoisotopic (exact) mass is 254 g/mol. The third-order valence-electron chi connectivity index (χ3n) is 2.69. The molecule has 0 aliphatic carbocycles. The zero-order valence-corrected chi connectivity index (χ0v) is 11.4. The standard InChI is InChI=1S/C10H23N.C4H3NO2/c1-2-3-4-5-6-7-8-9-10-11;6-3-1-2-4(7)5-3/h2-11H2,1H3;1-2H,(H,5,6,7). The molecule has 104 valence electrons. The molecule has 0 atom stereocenters. The predicted octanol–water partition coefficient (Wildman–Crippen LogP) is 2.28. The fraction of sp³-hybridized carbons (Fsp3) is 0.714. The number of imide groups is 1. The third-order valence-corrected chi connectivity index (χ3v) is 2.69. The molecule has 0 saturated carbocycles. The topological polar surface area (TPSA) is 72.2 Å². The van der Waals surface area contributed by atoms with Crippen LogP contribution >= 0.6 is 0 Å². The van der Waals surface area contributed by atoms with E-state index in [0.29, 0.717) is 0 Å². The number of hydrogen-bond donors (Lipinski definition) is 2. The molecule has 4 nitrogen and oxygen atoms in total. The largest absolute Gasteiger partial charge is 0.330 e. The van der Waals surface area contributed by atoms with Gasteiger partial charge in [0.25, 0.3) is 11.8 Å². The molecule has 0 bridgehead atoms. The number of hydrogen-bond acceptors (Lipinski definition) is 3. The Balaban J connectivity index is 0.000000351. The van der Waals surface area contributed by atoms with Crippen LogP contribution in [0.25, 0.3) is 0 Å². The van der Waals surface area contributed by atoms with Gasteiger partial charge in [-0.25, -0.2) is 0 Å². The summed E-state index contributed by atoms with van der Waals surface area (Å²) in [7, 11) is 0. The minimum absolute atomic E-state index is 0.329. The minimum Gasteiger partial charge on any atom is -0.330 e. The van der Waals surface area contributed by atoms with Crippen molar-refractivity contribution in [2.24, 2.45) is 5.73 Å². The Kier molecular flexibility index (Phi) is 11.5. The number of unbranched alkanes of at least 4 members (excludes halogenated alkanes) is 7. The summed E-state index contributed by atoms with van der Waals surface area (Å²) in [4.78, 5) is 20.1. The van der Waals surface area contributed by atoms with Crippen LogP contribution in [0.15, 0.2) is 12.2 Å². The molecule has 0 saturated heterocycles. The normalized spacial score (nSPS) is 13.2. The Bertz CT molecular complexity index is 239. The van der Waals surface area contributed by atoms with E-state index >= 15 is 0 Å². The molecule has 0 aromatic heterocycles. The van der Waals surface area contributed by atoms with E-state index in [1.807, 2.05) is 5.32 Å². The van der Waals surface area contributed by atoms with Gasteiger partial charge in [0, 0.05) is 12.2 Å². The van der Waals surface area contributed by atoms with Crippen molar-refractivity contribution in [1.29, 1.82) is 0 Å². The van der Waals surface area contributed by atoms with Gasteiger partial charge in [0.2, 0.25) is 0 Å². The van der Waals surface area contributed by atoms with Gasteiger partial charge in [0.1, 0.15) is 0 Å². The van der Waals surface area contributed by atoms with Gasteiger partial charge < -0.3 is 5.73 Å². The Labute approximate surface area is 110 Å². The van der Waals surface area contributed by atoms with E-state index in [-0.39, 0.29) is 11.8 Å². The highest BCUT2D eigenvalue weighted by Crippen LogP contribution is 2.07. The number of carbonyl (C=O) groups excluding carboxylic acids is 2. The van der Waals surface area contributed by atoms with Crippen molar-refractivity contribution in [3.63, 3.8) is 0 Å². The van der Waals surface area contributed by atoms with Crippen LogP contribution in [0, 0.1) is 0 Å². The number of nitrogens with two attached hydrogens (primary N) is 1. The van der Waals surface area contributed by atoms with Crippen LogP contribution in [-0.2, 0) is 9.59 Å². The summed E-state index contributed by atoms with van der Waals surface area (Å²) in [6.45, 7) is 3.13. The van der Waals surface area contributed by atoms with Crippen molar-refractivity contribution in [3.8, 4) is 0 Å². The molecule has 1 aliphatic heterocycles. The highest BCUT2D eigenvalue weighted by Gasteiger charge is 2.06. The van der Waals surface area contributed by atoms with Gasteiger partial charge in [-0.1, -0.05) is 51.9 Å². The Morgan fingerprint density at radius 1 is 0.889 bits per heavy atom. The van der Waals surface area contributed by atoms with Gasteiger partial charge in [0.05, 0.1) is 0 Å². The van der Waals surface area contributed by atoms with Crippen LogP contribution in [0.2, 0.25) is 0 Å². The van der Waals surface area contributed by atoms with Crippen molar-refractivity contribution < 1.29 is 9.59 Å². The molecule has 18 heavy (non-hydrogen) atoms. The maximum atomic E-state index is 10.0. The average Bonchev–Trinajstić information content (AvgIpc) is 2.73.